The fourth-order valence-electron chi connectivity index (χ4n) is 9.66. The van der Waals surface area contributed by atoms with Gasteiger partial charge in [-0.25, -0.2) is 0 Å². The summed E-state index contributed by atoms with van der Waals surface area (Å²) in [5, 5.41) is 12.7. The van der Waals surface area contributed by atoms with Crippen LogP contribution in [-0.2, 0) is 0 Å². The summed E-state index contributed by atoms with van der Waals surface area (Å²) in [4.78, 5) is 0. The molecule has 0 atom stereocenters. The van der Waals surface area contributed by atoms with E-state index in [4.69, 9.17) is 0 Å². The molecular weight excluding hydrogens is 677 g/mol. The maximum absolute atomic E-state index is 2.53. The number of hydrogen-bond donors (Lipinski definition) is 0. The summed E-state index contributed by atoms with van der Waals surface area (Å²) in [6, 6.07) is 75.5. The second-order valence-electron chi connectivity index (χ2n) is 14.8. The topological polar surface area (TPSA) is 9.86 Å². The lowest BCUT2D eigenvalue weighted by Gasteiger charge is -2.18. The highest BCUT2D eigenvalue weighted by Crippen LogP contribution is 2.51. The molecule has 0 aliphatic rings. The second kappa shape index (κ2) is 12.0. The molecule has 0 radical (unpaired) electrons. The zero-order valence-corrected chi connectivity index (χ0v) is 30.5. The summed E-state index contributed by atoms with van der Waals surface area (Å²) < 4.78 is 5.07. The maximum atomic E-state index is 2.53. The first-order valence-electron chi connectivity index (χ1n) is 19.4. The zero-order valence-electron chi connectivity index (χ0n) is 30.5. The van der Waals surface area contributed by atoms with E-state index in [0.717, 1.165) is 0 Å². The Morgan fingerprint density at radius 3 is 0.982 bits per heavy atom. The fourth-order valence-corrected chi connectivity index (χ4v) is 9.66. The minimum Gasteiger partial charge on any atom is -0.308 e. The van der Waals surface area contributed by atoms with E-state index in [9.17, 15) is 0 Å². The van der Waals surface area contributed by atoms with Crippen molar-refractivity contribution in [1.29, 1.82) is 0 Å². The first-order valence-corrected chi connectivity index (χ1v) is 19.4. The molecule has 56 heavy (non-hydrogen) atoms. The van der Waals surface area contributed by atoms with Crippen molar-refractivity contribution in [3.05, 3.63) is 206 Å². The van der Waals surface area contributed by atoms with Crippen LogP contribution in [0.1, 0.15) is 0 Å². The minimum absolute atomic E-state index is 1.17. The molecule has 0 fully saturated rings. The van der Waals surface area contributed by atoms with Crippen molar-refractivity contribution >= 4 is 75.9 Å². The number of benzene rings is 10. The van der Waals surface area contributed by atoms with Gasteiger partial charge in [-0.3, -0.25) is 0 Å². The molecule has 2 nitrogen and oxygen atoms in total. The molecule has 12 aromatic rings. The van der Waals surface area contributed by atoms with Gasteiger partial charge in [-0.1, -0.05) is 182 Å². The van der Waals surface area contributed by atoms with E-state index in [-0.39, 0.29) is 0 Å². The Kier molecular flexibility index (Phi) is 6.66. The predicted molar refractivity (Wildman–Crippen MR) is 239 cm³/mol. The first kappa shape index (κ1) is 31.0. The lowest BCUT2D eigenvalue weighted by Crippen LogP contribution is -1.99. The number of nitrogens with zero attached hydrogens (tertiary/aromatic N) is 2. The second-order valence-corrected chi connectivity index (χ2v) is 14.8. The quantitative estimate of drug-likeness (QED) is 0.161. The lowest BCUT2D eigenvalue weighted by molar-refractivity contribution is 1.19. The highest BCUT2D eigenvalue weighted by molar-refractivity contribution is 6.45. The van der Waals surface area contributed by atoms with Crippen LogP contribution in [0.2, 0.25) is 0 Å². The van der Waals surface area contributed by atoms with Gasteiger partial charge >= 0.3 is 0 Å². The molecule has 0 N–H and O–H groups in total. The third kappa shape index (κ3) is 4.27. The fraction of sp³-hybridized carbons (Fsp3) is 0. The van der Waals surface area contributed by atoms with Crippen molar-refractivity contribution in [2.24, 2.45) is 0 Å². The number of rotatable bonds is 4. The van der Waals surface area contributed by atoms with Gasteiger partial charge in [0.1, 0.15) is 0 Å². The van der Waals surface area contributed by atoms with Crippen LogP contribution in [0.25, 0.3) is 110 Å². The molecule has 0 spiro atoms. The van der Waals surface area contributed by atoms with Crippen molar-refractivity contribution < 1.29 is 0 Å². The average molecular weight is 711 g/mol. The van der Waals surface area contributed by atoms with Gasteiger partial charge in [0.2, 0.25) is 0 Å². The molecule has 0 saturated heterocycles. The predicted octanol–water partition coefficient (Wildman–Crippen LogP) is 14.7. The average Bonchev–Trinajstić information content (AvgIpc) is 3.81. The molecule has 0 unspecified atom stereocenters. The van der Waals surface area contributed by atoms with Gasteiger partial charge in [-0.05, 0) is 46.2 Å². The van der Waals surface area contributed by atoms with Crippen LogP contribution in [0.15, 0.2) is 206 Å². The summed E-state index contributed by atoms with van der Waals surface area (Å²) in [7, 11) is 0. The molecular formula is C54H34N2. The zero-order chi connectivity index (χ0) is 36.7. The summed E-state index contributed by atoms with van der Waals surface area (Å²) in [5.41, 5.74) is 12.0. The summed E-state index contributed by atoms with van der Waals surface area (Å²) in [6.45, 7) is 0. The molecule has 0 amide bonds. The Balaban J connectivity index is 1.35. The monoisotopic (exact) mass is 710 g/mol. The Labute approximate surface area is 323 Å². The number of hydrogen-bond acceptors (Lipinski definition) is 0. The van der Waals surface area contributed by atoms with Crippen LogP contribution in [0.4, 0.5) is 0 Å². The third-order valence-corrected chi connectivity index (χ3v) is 11.9. The standard InChI is InChI=1S/C54H34N2/c1-3-19-35(20-4-1)37-23-11-15-31-45(37)55-47-33-17-13-29-43(47)51-49-40-26-8-10-28-42(40)54-52(50(49)39-25-7-9-27-41(39)53(51)55)44-30-14-18-34-48(44)56(54)46-32-16-12-24-38(46)36-21-5-2-6-22-36/h1-34H. The van der Waals surface area contributed by atoms with E-state index < -0.39 is 0 Å². The molecule has 0 saturated carbocycles. The van der Waals surface area contributed by atoms with Crippen LogP contribution in [0.3, 0.4) is 0 Å². The maximum Gasteiger partial charge on any atom is 0.0626 e. The van der Waals surface area contributed by atoms with Gasteiger partial charge in [0, 0.05) is 54.2 Å². The van der Waals surface area contributed by atoms with Crippen molar-refractivity contribution in [3.8, 4) is 33.6 Å². The van der Waals surface area contributed by atoms with Gasteiger partial charge in [0.15, 0.2) is 0 Å². The molecule has 0 aliphatic carbocycles. The number of fused-ring (bicyclic) bond motifs is 15. The van der Waals surface area contributed by atoms with Gasteiger partial charge in [-0.2, -0.15) is 0 Å². The lowest BCUT2D eigenvalue weighted by atomic mass is 9.89. The molecule has 2 aromatic heterocycles. The Bertz CT molecular complexity index is 3280. The molecule has 2 heteroatoms. The van der Waals surface area contributed by atoms with Crippen LogP contribution >= 0.6 is 0 Å². The molecule has 0 aliphatic heterocycles. The van der Waals surface area contributed by atoms with Gasteiger partial charge in [0.05, 0.1) is 33.4 Å². The van der Waals surface area contributed by atoms with E-state index in [2.05, 4.69) is 215 Å². The van der Waals surface area contributed by atoms with E-state index in [1.807, 2.05) is 0 Å². The Hall–Kier alpha value is -7.42. The van der Waals surface area contributed by atoms with Crippen LogP contribution in [0, 0.1) is 0 Å². The molecule has 0 bridgehead atoms. The summed E-state index contributed by atoms with van der Waals surface area (Å²) in [6.07, 6.45) is 0. The Morgan fingerprint density at radius 1 is 0.232 bits per heavy atom. The number of aromatic nitrogens is 2. The van der Waals surface area contributed by atoms with Crippen molar-refractivity contribution in [2.45, 2.75) is 0 Å². The molecule has 2 heterocycles. The van der Waals surface area contributed by atoms with Gasteiger partial charge < -0.3 is 9.13 Å². The van der Waals surface area contributed by atoms with E-state index >= 15 is 0 Å². The highest BCUT2D eigenvalue weighted by atomic mass is 15.0. The van der Waals surface area contributed by atoms with Crippen LogP contribution in [-0.4, -0.2) is 9.13 Å². The highest BCUT2D eigenvalue weighted by Gasteiger charge is 2.26. The molecule has 10 aromatic carbocycles. The molecule has 260 valence electrons. The van der Waals surface area contributed by atoms with E-state index in [1.54, 1.807) is 0 Å². The Morgan fingerprint density at radius 2 is 0.554 bits per heavy atom. The minimum atomic E-state index is 1.17. The van der Waals surface area contributed by atoms with Gasteiger partial charge in [0.25, 0.3) is 0 Å². The molecule has 12 rings (SSSR count). The van der Waals surface area contributed by atoms with Crippen molar-refractivity contribution in [3.63, 3.8) is 0 Å². The van der Waals surface area contributed by atoms with Crippen LogP contribution in [0.5, 0.6) is 0 Å². The normalized spacial score (nSPS) is 11.9. The SMILES string of the molecule is c1ccc(-c2ccccc2-n2c3ccccc3c3c4c5ccccc5c5c(c6ccccc6n5-c5ccccc5-c5ccccc5)c4c4ccccc4c32)cc1. The first-order chi connectivity index (χ1) is 27.9. The largest absolute Gasteiger partial charge is 0.308 e. The van der Waals surface area contributed by atoms with E-state index in [1.165, 1.54) is 110 Å². The third-order valence-electron chi connectivity index (χ3n) is 11.9. The van der Waals surface area contributed by atoms with Gasteiger partial charge in [-0.15, -0.1) is 0 Å². The number of para-hydroxylation sites is 4. The summed E-state index contributed by atoms with van der Waals surface area (Å²) >= 11 is 0. The van der Waals surface area contributed by atoms with E-state index in [0.29, 0.717) is 0 Å². The van der Waals surface area contributed by atoms with Crippen LogP contribution < -0.4 is 0 Å². The smallest absolute Gasteiger partial charge is 0.0626 e. The van der Waals surface area contributed by atoms with Crippen molar-refractivity contribution in [2.75, 3.05) is 0 Å². The summed E-state index contributed by atoms with van der Waals surface area (Å²) in [5.74, 6) is 0. The van der Waals surface area contributed by atoms with Crippen molar-refractivity contribution in [1.82, 2.24) is 9.13 Å².